The van der Waals surface area contributed by atoms with Crippen molar-refractivity contribution >= 4 is 0 Å². The minimum Gasteiger partial charge on any atom is -0.396 e. The molecule has 0 aromatic heterocycles. The van der Waals surface area contributed by atoms with E-state index in [-0.39, 0.29) is 41.3 Å². The highest BCUT2D eigenvalue weighted by molar-refractivity contribution is 5.41. The summed E-state index contributed by atoms with van der Waals surface area (Å²) in [6, 6.07) is 0. The highest BCUT2D eigenvalue weighted by Crippen LogP contribution is 2.73. The van der Waals surface area contributed by atoms with Crippen molar-refractivity contribution in [2.24, 2.45) is 44.3 Å². The van der Waals surface area contributed by atoms with Crippen molar-refractivity contribution in [1.82, 2.24) is 0 Å². The number of aliphatic hydroxyl groups is 4. The van der Waals surface area contributed by atoms with Crippen molar-refractivity contribution in [2.45, 2.75) is 98.2 Å². The number of fused-ring (bicyclic) bond motifs is 5. The van der Waals surface area contributed by atoms with Crippen LogP contribution in [-0.4, -0.2) is 45.8 Å². The molecule has 8 atom stereocenters. The van der Waals surface area contributed by atoms with Crippen molar-refractivity contribution < 1.29 is 20.4 Å². The summed E-state index contributed by atoms with van der Waals surface area (Å²) in [5, 5.41) is 42.6. The van der Waals surface area contributed by atoms with Gasteiger partial charge in [0, 0.05) is 5.41 Å². The van der Waals surface area contributed by atoms with Crippen LogP contribution in [0.3, 0.4) is 0 Å². The summed E-state index contributed by atoms with van der Waals surface area (Å²) in [6.07, 6.45) is 14.2. The van der Waals surface area contributed by atoms with Gasteiger partial charge in [0.15, 0.2) is 0 Å². The number of aliphatic hydroxyl groups excluding tert-OH is 4. The van der Waals surface area contributed by atoms with Gasteiger partial charge in [0.1, 0.15) is 0 Å². The third-order valence-corrected chi connectivity index (χ3v) is 12.1. The van der Waals surface area contributed by atoms with Gasteiger partial charge in [-0.05, 0) is 95.9 Å². The molecule has 0 aliphatic heterocycles. The Morgan fingerprint density at radius 2 is 1.58 bits per heavy atom. The maximum atomic E-state index is 10.9. The summed E-state index contributed by atoms with van der Waals surface area (Å²) in [4.78, 5) is 0. The monoisotopic (exact) mass is 458 g/mol. The van der Waals surface area contributed by atoms with E-state index in [1.54, 1.807) is 0 Å². The Labute approximate surface area is 200 Å². The van der Waals surface area contributed by atoms with Crippen LogP contribution in [-0.2, 0) is 0 Å². The minimum absolute atomic E-state index is 0.0270. The van der Waals surface area contributed by atoms with Crippen LogP contribution in [0.15, 0.2) is 23.8 Å². The van der Waals surface area contributed by atoms with Crippen LogP contribution in [0.2, 0.25) is 0 Å². The van der Waals surface area contributed by atoms with Gasteiger partial charge in [-0.1, -0.05) is 52.8 Å². The predicted octanol–water partition coefficient (Wildman–Crippen LogP) is 4.61. The second kappa shape index (κ2) is 7.18. The van der Waals surface area contributed by atoms with Crippen molar-refractivity contribution in [1.29, 1.82) is 0 Å². The Bertz CT molecular complexity index is 871. The molecule has 3 fully saturated rings. The van der Waals surface area contributed by atoms with E-state index in [2.05, 4.69) is 52.8 Å². The second-order valence-electron chi connectivity index (χ2n) is 14.3. The third kappa shape index (κ3) is 2.96. The lowest BCUT2D eigenvalue weighted by Gasteiger charge is -2.69. The normalized spacial score (nSPS) is 52.1. The molecule has 186 valence electrons. The first-order chi connectivity index (χ1) is 15.3. The highest BCUT2D eigenvalue weighted by atomic mass is 16.3. The molecule has 4 N–H and O–H groups in total. The molecule has 3 saturated carbocycles. The molecule has 5 aliphatic rings. The van der Waals surface area contributed by atoms with Gasteiger partial charge in [-0.2, -0.15) is 0 Å². The van der Waals surface area contributed by atoms with Gasteiger partial charge in [0.05, 0.1) is 25.4 Å². The first kappa shape index (κ1) is 24.0. The summed E-state index contributed by atoms with van der Waals surface area (Å²) >= 11 is 0. The van der Waals surface area contributed by atoms with Crippen LogP contribution in [0.4, 0.5) is 0 Å². The standard InChI is InChI=1S/C29H46O4/c1-24(2)10-12-28(16-24)13-11-26(4)19(14-28)6-7-21-25(3)15-20(32)23(33)29(17-30,18-31)22(25)8-9-27(21,26)5/h6-7,14,20-23,30-33H,8-13,15-18H2,1-5H3/t20-,21-,22-,23-,25-,26-,27-,28-/m1/s1. The molecule has 0 bridgehead atoms. The van der Waals surface area contributed by atoms with Crippen molar-refractivity contribution in [3.05, 3.63) is 23.8 Å². The van der Waals surface area contributed by atoms with E-state index >= 15 is 0 Å². The van der Waals surface area contributed by atoms with Gasteiger partial charge in [0.25, 0.3) is 0 Å². The SMILES string of the molecule is CC1(C)CC[C@@]2(C=C3C=C[C@@H]4[C@@]5(C)C[C@@H](O)[C@@H](O)C(CO)(CO)[C@@H]5CC[C@@]4(C)[C@]3(C)CC2)C1. The molecule has 1 spiro atoms. The molecule has 4 heteroatoms. The quantitative estimate of drug-likeness (QED) is 0.487. The number of allylic oxidation sites excluding steroid dienone is 4. The lowest BCUT2D eigenvalue weighted by Crippen LogP contribution is -2.68. The van der Waals surface area contributed by atoms with E-state index < -0.39 is 17.6 Å². The lowest BCUT2D eigenvalue weighted by molar-refractivity contribution is -0.246. The van der Waals surface area contributed by atoms with Gasteiger partial charge in [-0.25, -0.2) is 0 Å². The van der Waals surface area contributed by atoms with Gasteiger partial charge in [-0.3, -0.25) is 0 Å². The molecule has 0 radical (unpaired) electrons. The fourth-order valence-electron chi connectivity index (χ4n) is 10.1. The van der Waals surface area contributed by atoms with Crippen LogP contribution < -0.4 is 0 Å². The van der Waals surface area contributed by atoms with E-state index in [1.807, 2.05) is 0 Å². The fraction of sp³-hybridized carbons (Fsp3) is 0.862. The summed E-state index contributed by atoms with van der Waals surface area (Å²) in [7, 11) is 0. The molecule has 0 aromatic rings. The second-order valence-corrected chi connectivity index (χ2v) is 14.3. The van der Waals surface area contributed by atoms with Crippen LogP contribution in [0.5, 0.6) is 0 Å². The molecule has 0 saturated heterocycles. The van der Waals surface area contributed by atoms with Crippen molar-refractivity contribution in [3.8, 4) is 0 Å². The Morgan fingerprint density at radius 3 is 2.18 bits per heavy atom. The Morgan fingerprint density at radius 1 is 0.909 bits per heavy atom. The molecule has 5 rings (SSSR count). The summed E-state index contributed by atoms with van der Waals surface area (Å²) in [5.41, 5.74) is 1.09. The molecule has 0 unspecified atom stereocenters. The zero-order chi connectivity index (χ0) is 24.1. The van der Waals surface area contributed by atoms with Gasteiger partial charge < -0.3 is 20.4 Å². The molecule has 0 amide bonds. The third-order valence-electron chi connectivity index (χ3n) is 12.1. The summed E-state index contributed by atoms with van der Waals surface area (Å²) in [5.74, 6) is 0.209. The van der Waals surface area contributed by atoms with Crippen LogP contribution >= 0.6 is 0 Å². The first-order valence-corrected chi connectivity index (χ1v) is 13.3. The molecule has 4 nitrogen and oxygen atoms in total. The fourth-order valence-corrected chi connectivity index (χ4v) is 10.1. The van der Waals surface area contributed by atoms with Crippen LogP contribution in [0.1, 0.15) is 86.0 Å². The van der Waals surface area contributed by atoms with Crippen LogP contribution in [0, 0.1) is 44.3 Å². The van der Waals surface area contributed by atoms with E-state index in [4.69, 9.17) is 0 Å². The average molecular weight is 459 g/mol. The van der Waals surface area contributed by atoms with E-state index in [0.29, 0.717) is 17.3 Å². The average Bonchev–Trinajstić information content (AvgIpc) is 3.05. The molecular formula is C29H46O4. The maximum absolute atomic E-state index is 10.9. The first-order valence-electron chi connectivity index (χ1n) is 13.3. The Kier molecular flexibility index (Phi) is 5.23. The highest BCUT2D eigenvalue weighted by Gasteiger charge is 2.68. The Hall–Kier alpha value is -0.680. The van der Waals surface area contributed by atoms with Gasteiger partial charge >= 0.3 is 0 Å². The van der Waals surface area contributed by atoms with E-state index in [9.17, 15) is 20.4 Å². The number of rotatable bonds is 2. The molecule has 5 aliphatic carbocycles. The zero-order valence-electron chi connectivity index (χ0n) is 21.4. The molecule has 0 aromatic carbocycles. The van der Waals surface area contributed by atoms with Crippen molar-refractivity contribution in [3.63, 3.8) is 0 Å². The number of hydrogen-bond acceptors (Lipinski definition) is 4. The van der Waals surface area contributed by atoms with Crippen molar-refractivity contribution in [2.75, 3.05) is 13.2 Å². The number of hydrogen-bond donors (Lipinski definition) is 4. The summed E-state index contributed by atoms with van der Waals surface area (Å²) < 4.78 is 0. The minimum atomic E-state index is -1.09. The molecule has 0 heterocycles. The maximum Gasteiger partial charge on any atom is 0.0902 e. The zero-order valence-corrected chi connectivity index (χ0v) is 21.4. The van der Waals surface area contributed by atoms with E-state index in [0.717, 1.165) is 12.8 Å². The largest absolute Gasteiger partial charge is 0.396 e. The smallest absolute Gasteiger partial charge is 0.0902 e. The predicted molar refractivity (Wildman–Crippen MR) is 130 cm³/mol. The molecular weight excluding hydrogens is 412 g/mol. The Balaban J connectivity index is 1.58. The van der Waals surface area contributed by atoms with Gasteiger partial charge in [-0.15, -0.1) is 0 Å². The summed E-state index contributed by atoms with van der Waals surface area (Å²) in [6.45, 7) is 11.4. The molecule has 33 heavy (non-hydrogen) atoms. The van der Waals surface area contributed by atoms with E-state index in [1.165, 1.54) is 37.7 Å². The lowest BCUT2D eigenvalue weighted by atomic mass is 9.35. The topological polar surface area (TPSA) is 80.9 Å². The van der Waals surface area contributed by atoms with Gasteiger partial charge in [0.2, 0.25) is 0 Å². The van der Waals surface area contributed by atoms with Crippen LogP contribution in [0.25, 0.3) is 0 Å².